The number of aliphatic hydroxyl groups excluding tert-OH is 2. The second-order valence-electron chi connectivity index (χ2n) is 21.0. The summed E-state index contributed by atoms with van der Waals surface area (Å²) in [5, 5.41) is 23.2. The zero-order valence-corrected chi connectivity index (χ0v) is 46.3. The highest BCUT2D eigenvalue weighted by Gasteiger charge is 2.18. The van der Waals surface area contributed by atoms with Gasteiger partial charge in [0.15, 0.2) is 0 Å². The van der Waals surface area contributed by atoms with Crippen LogP contribution < -0.4 is 5.32 Å². The lowest BCUT2D eigenvalue weighted by Crippen LogP contribution is -2.45. The summed E-state index contributed by atoms with van der Waals surface area (Å²) in [6.45, 7) is 4.84. The summed E-state index contributed by atoms with van der Waals surface area (Å²) in [4.78, 5) is 24.5. The Bertz CT molecular complexity index is 1120. The van der Waals surface area contributed by atoms with Gasteiger partial charge >= 0.3 is 5.97 Å². The van der Waals surface area contributed by atoms with E-state index < -0.39 is 12.1 Å². The maximum absolute atomic E-state index is 12.5. The molecule has 0 fully saturated rings. The van der Waals surface area contributed by atoms with Gasteiger partial charge in [0.1, 0.15) is 0 Å². The Kier molecular flexibility index (Phi) is 57.0. The number of amides is 1. The molecule has 0 aliphatic carbocycles. The molecule has 2 atom stereocenters. The molecule has 6 nitrogen and oxygen atoms in total. The molecular formula is C63H119NO5. The molecule has 0 saturated carbocycles. The van der Waals surface area contributed by atoms with E-state index in [0.717, 1.165) is 51.4 Å². The molecule has 0 heterocycles. The monoisotopic (exact) mass is 970 g/mol. The number of allylic oxidation sites excluding steroid dienone is 5. The van der Waals surface area contributed by atoms with Crippen molar-refractivity contribution in [3.63, 3.8) is 0 Å². The molecule has 0 rings (SSSR count). The summed E-state index contributed by atoms with van der Waals surface area (Å²) >= 11 is 0. The van der Waals surface area contributed by atoms with Gasteiger partial charge in [-0.25, -0.2) is 0 Å². The van der Waals surface area contributed by atoms with Crippen LogP contribution in [0.1, 0.15) is 328 Å². The molecule has 0 radical (unpaired) electrons. The molecule has 0 bridgehead atoms. The fraction of sp³-hybridized carbons (Fsp3) is 0.873. The number of hydrogen-bond acceptors (Lipinski definition) is 5. The van der Waals surface area contributed by atoms with Gasteiger partial charge in [0, 0.05) is 12.8 Å². The van der Waals surface area contributed by atoms with Crippen molar-refractivity contribution >= 4 is 11.9 Å². The van der Waals surface area contributed by atoms with Crippen molar-refractivity contribution in [2.75, 3.05) is 13.2 Å². The van der Waals surface area contributed by atoms with Gasteiger partial charge in [-0.3, -0.25) is 9.59 Å². The first kappa shape index (κ1) is 67.1. The Morgan fingerprint density at radius 1 is 0.406 bits per heavy atom. The highest BCUT2D eigenvalue weighted by molar-refractivity contribution is 5.76. The molecular weight excluding hydrogens is 851 g/mol. The normalized spacial score (nSPS) is 12.8. The van der Waals surface area contributed by atoms with Crippen molar-refractivity contribution in [3.05, 3.63) is 36.5 Å². The number of esters is 1. The molecule has 0 aromatic carbocycles. The minimum Gasteiger partial charge on any atom is -0.466 e. The molecule has 1 amide bonds. The number of aliphatic hydroxyl groups is 2. The van der Waals surface area contributed by atoms with E-state index in [4.69, 9.17) is 4.74 Å². The summed E-state index contributed by atoms with van der Waals surface area (Å²) in [5.74, 6) is -0.0786. The molecule has 0 aromatic heterocycles. The Balaban J connectivity index is 3.45. The summed E-state index contributed by atoms with van der Waals surface area (Å²) in [6.07, 6.45) is 73.2. The highest BCUT2D eigenvalue weighted by atomic mass is 16.5. The molecule has 3 N–H and O–H groups in total. The van der Waals surface area contributed by atoms with Crippen LogP contribution in [0, 0.1) is 0 Å². The Morgan fingerprint density at radius 3 is 1.16 bits per heavy atom. The van der Waals surface area contributed by atoms with E-state index in [0.29, 0.717) is 19.4 Å². The Morgan fingerprint density at radius 2 is 0.754 bits per heavy atom. The average Bonchev–Trinajstić information content (AvgIpc) is 3.35. The van der Waals surface area contributed by atoms with Crippen LogP contribution in [0.5, 0.6) is 0 Å². The topological polar surface area (TPSA) is 95.9 Å². The zero-order chi connectivity index (χ0) is 50.0. The second kappa shape index (κ2) is 58.6. The number of carbonyl (C=O) groups is 2. The SMILES string of the molecule is CCC/C=C\C/C=C\CCCCCCCC(=O)OCCCCCCCCCCCCCCCCCCCCC(=O)NC(CO)C(O)/C=C/CCCCCCCCCCCCCCCCCCCCC. The molecule has 0 spiro atoms. The number of rotatable bonds is 57. The zero-order valence-electron chi connectivity index (χ0n) is 46.3. The van der Waals surface area contributed by atoms with Crippen molar-refractivity contribution in [1.82, 2.24) is 5.32 Å². The lowest BCUT2D eigenvalue weighted by Gasteiger charge is -2.20. The largest absolute Gasteiger partial charge is 0.466 e. The molecule has 2 unspecified atom stereocenters. The van der Waals surface area contributed by atoms with Gasteiger partial charge in [-0.2, -0.15) is 0 Å². The van der Waals surface area contributed by atoms with E-state index in [1.807, 2.05) is 6.08 Å². The van der Waals surface area contributed by atoms with Crippen molar-refractivity contribution in [2.45, 2.75) is 341 Å². The third-order valence-electron chi connectivity index (χ3n) is 14.1. The first-order valence-electron chi connectivity index (χ1n) is 30.8. The number of carbonyl (C=O) groups excluding carboxylic acids is 2. The predicted octanol–water partition coefficient (Wildman–Crippen LogP) is 19.2. The summed E-state index contributed by atoms with van der Waals surface area (Å²) < 4.78 is 5.46. The van der Waals surface area contributed by atoms with Crippen molar-refractivity contribution in [2.24, 2.45) is 0 Å². The summed E-state index contributed by atoms with van der Waals surface area (Å²) in [7, 11) is 0. The maximum atomic E-state index is 12.5. The standard InChI is InChI=1S/C63H119NO5/c1-3-5-7-9-11-13-15-17-18-19-20-21-22-25-28-32-35-39-43-47-51-55-61(66)60(59-65)64-62(67)56-52-48-44-40-36-33-29-26-23-24-27-30-34-38-42-46-50-54-58-69-63(68)57-53-49-45-41-37-31-16-14-12-10-8-6-4-2/h8,10,14,16,51,55,60-61,65-66H,3-7,9,11-13,15,17-50,52-54,56-59H2,1-2H3,(H,64,67)/b10-8-,16-14-,55-51+. The van der Waals surface area contributed by atoms with Gasteiger partial charge in [-0.15, -0.1) is 0 Å². The molecule has 406 valence electrons. The van der Waals surface area contributed by atoms with Gasteiger partial charge in [0.2, 0.25) is 5.91 Å². The molecule has 6 heteroatoms. The number of hydrogen-bond donors (Lipinski definition) is 3. The Hall–Kier alpha value is -1.92. The highest BCUT2D eigenvalue weighted by Crippen LogP contribution is 2.17. The summed E-state index contributed by atoms with van der Waals surface area (Å²) in [6, 6.07) is -0.632. The van der Waals surface area contributed by atoms with Crippen LogP contribution in [0.15, 0.2) is 36.5 Å². The van der Waals surface area contributed by atoms with E-state index in [1.54, 1.807) is 6.08 Å². The van der Waals surface area contributed by atoms with E-state index in [2.05, 4.69) is 43.5 Å². The maximum Gasteiger partial charge on any atom is 0.305 e. The average molecular weight is 971 g/mol. The predicted molar refractivity (Wildman–Crippen MR) is 301 cm³/mol. The Labute approximate surface area is 430 Å². The van der Waals surface area contributed by atoms with E-state index in [-0.39, 0.29) is 18.5 Å². The number of unbranched alkanes of at least 4 members (excludes halogenated alkanes) is 42. The number of nitrogens with one attached hydrogen (secondary N) is 1. The van der Waals surface area contributed by atoms with Crippen LogP contribution in [0.25, 0.3) is 0 Å². The second-order valence-corrected chi connectivity index (χ2v) is 21.0. The van der Waals surface area contributed by atoms with Crippen LogP contribution in [-0.2, 0) is 14.3 Å². The van der Waals surface area contributed by atoms with E-state index in [1.165, 1.54) is 250 Å². The van der Waals surface area contributed by atoms with Crippen LogP contribution in [0.2, 0.25) is 0 Å². The first-order chi connectivity index (χ1) is 34.0. The minimum atomic E-state index is -0.849. The van der Waals surface area contributed by atoms with Crippen molar-refractivity contribution < 1.29 is 24.5 Å². The minimum absolute atomic E-state index is 0.00868. The fourth-order valence-corrected chi connectivity index (χ4v) is 9.44. The van der Waals surface area contributed by atoms with Gasteiger partial charge in [0.05, 0.1) is 25.4 Å². The lowest BCUT2D eigenvalue weighted by atomic mass is 10.0. The van der Waals surface area contributed by atoms with E-state index >= 15 is 0 Å². The molecule has 69 heavy (non-hydrogen) atoms. The molecule has 0 aliphatic rings. The first-order valence-corrected chi connectivity index (χ1v) is 30.8. The van der Waals surface area contributed by atoms with Gasteiger partial charge in [0.25, 0.3) is 0 Å². The van der Waals surface area contributed by atoms with Gasteiger partial charge in [-0.05, 0) is 57.8 Å². The fourth-order valence-electron chi connectivity index (χ4n) is 9.44. The van der Waals surface area contributed by atoms with Gasteiger partial charge in [-0.1, -0.05) is 294 Å². The van der Waals surface area contributed by atoms with E-state index in [9.17, 15) is 19.8 Å². The van der Waals surface area contributed by atoms with Crippen LogP contribution in [0.4, 0.5) is 0 Å². The third-order valence-corrected chi connectivity index (χ3v) is 14.1. The van der Waals surface area contributed by atoms with Crippen LogP contribution >= 0.6 is 0 Å². The molecule has 0 aromatic rings. The van der Waals surface area contributed by atoms with Crippen LogP contribution in [-0.4, -0.2) is 47.4 Å². The smallest absolute Gasteiger partial charge is 0.305 e. The summed E-state index contributed by atoms with van der Waals surface area (Å²) in [5.41, 5.74) is 0. The quantitative estimate of drug-likeness (QED) is 0.0321. The molecule has 0 saturated heterocycles. The number of ether oxygens (including phenoxy) is 1. The third kappa shape index (κ3) is 55.2. The van der Waals surface area contributed by atoms with Crippen molar-refractivity contribution in [1.29, 1.82) is 0 Å². The lowest BCUT2D eigenvalue weighted by molar-refractivity contribution is -0.143. The van der Waals surface area contributed by atoms with Crippen molar-refractivity contribution in [3.8, 4) is 0 Å². The molecule has 0 aliphatic heterocycles. The van der Waals surface area contributed by atoms with Crippen LogP contribution in [0.3, 0.4) is 0 Å². The van der Waals surface area contributed by atoms with Gasteiger partial charge < -0.3 is 20.3 Å².